The molecule has 0 bridgehead atoms. The van der Waals surface area contributed by atoms with Gasteiger partial charge < -0.3 is 4.74 Å². The van der Waals surface area contributed by atoms with Gasteiger partial charge in [0.05, 0.1) is 24.6 Å². The molecule has 0 spiro atoms. The van der Waals surface area contributed by atoms with Crippen molar-refractivity contribution in [1.29, 1.82) is 0 Å². The van der Waals surface area contributed by atoms with Crippen LogP contribution in [-0.2, 0) is 9.59 Å². The van der Waals surface area contributed by atoms with Gasteiger partial charge >= 0.3 is 0 Å². The third-order valence-electron chi connectivity index (χ3n) is 4.72. The first-order valence-corrected chi connectivity index (χ1v) is 7.68. The summed E-state index contributed by atoms with van der Waals surface area (Å²) in [7, 11) is 1.51. The Hall–Kier alpha value is -1.81. The minimum absolute atomic E-state index is 0.151. The Labute approximate surface area is 134 Å². The Morgan fingerprint density at radius 1 is 1.09 bits per heavy atom. The summed E-state index contributed by atoms with van der Waals surface area (Å²) in [6.07, 6.45) is 1.31. The summed E-state index contributed by atoms with van der Waals surface area (Å²) in [5.41, 5.74) is 2.86. The summed E-state index contributed by atoms with van der Waals surface area (Å²) in [5, 5.41) is 0.469. The lowest BCUT2D eigenvalue weighted by molar-refractivity contribution is -0.122. The Morgan fingerprint density at radius 3 is 2.14 bits per heavy atom. The summed E-state index contributed by atoms with van der Waals surface area (Å²) in [6, 6.07) is 4.97. The molecule has 1 fully saturated rings. The van der Waals surface area contributed by atoms with Gasteiger partial charge in [-0.3, -0.25) is 9.59 Å². The second kappa shape index (κ2) is 5.43. The first kappa shape index (κ1) is 15.1. The molecule has 1 aliphatic carbocycles. The summed E-state index contributed by atoms with van der Waals surface area (Å²) in [5.74, 6) is -0.351. The highest BCUT2D eigenvalue weighted by molar-refractivity contribution is 6.31. The van der Waals surface area contributed by atoms with E-state index >= 15 is 0 Å². The van der Waals surface area contributed by atoms with Crippen molar-refractivity contribution in [2.75, 3.05) is 12.0 Å². The van der Waals surface area contributed by atoms with Gasteiger partial charge in [-0.15, -0.1) is 0 Å². The molecular formula is C17H18ClNO3. The minimum Gasteiger partial charge on any atom is -0.495 e. The second-order valence-electron chi connectivity index (χ2n) is 6.01. The highest BCUT2D eigenvalue weighted by Gasteiger charge is 2.50. The Kier molecular flexibility index (Phi) is 3.73. The van der Waals surface area contributed by atoms with Gasteiger partial charge in [0.15, 0.2) is 0 Å². The molecule has 5 heteroatoms. The number of methoxy groups -OCH3 is 1. The maximum Gasteiger partial charge on any atom is 0.238 e. The van der Waals surface area contributed by atoms with E-state index in [1.807, 2.05) is 13.8 Å². The smallest absolute Gasteiger partial charge is 0.238 e. The monoisotopic (exact) mass is 319 g/mol. The molecule has 1 aliphatic heterocycles. The molecule has 0 unspecified atom stereocenters. The van der Waals surface area contributed by atoms with Gasteiger partial charge in [0.1, 0.15) is 5.75 Å². The molecule has 0 radical (unpaired) electrons. The summed E-state index contributed by atoms with van der Waals surface area (Å²) >= 11 is 6.03. The number of nitrogens with zero attached hydrogens (tertiary/aromatic N) is 1. The maximum atomic E-state index is 12.8. The lowest BCUT2D eigenvalue weighted by Gasteiger charge is -2.23. The SMILES string of the molecule is COc1ccc(Cl)cc1N1C(=O)[C@H]2CC(C)=C(C)C[C@@H]2C1=O. The Bertz CT molecular complexity index is 663. The molecule has 1 saturated heterocycles. The van der Waals surface area contributed by atoms with E-state index in [1.54, 1.807) is 18.2 Å². The molecule has 2 amide bonds. The fourth-order valence-electron chi connectivity index (χ4n) is 3.33. The molecule has 116 valence electrons. The van der Waals surface area contributed by atoms with E-state index < -0.39 is 0 Å². The summed E-state index contributed by atoms with van der Waals surface area (Å²) < 4.78 is 5.29. The van der Waals surface area contributed by atoms with E-state index in [4.69, 9.17) is 16.3 Å². The molecule has 0 aromatic heterocycles. The van der Waals surface area contributed by atoms with Gasteiger partial charge in [-0.1, -0.05) is 22.7 Å². The van der Waals surface area contributed by atoms with Crippen LogP contribution >= 0.6 is 11.6 Å². The molecule has 2 aliphatic rings. The third-order valence-corrected chi connectivity index (χ3v) is 4.96. The third kappa shape index (κ3) is 2.22. The van der Waals surface area contributed by atoms with Gasteiger partial charge in [-0.25, -0.2) is 4.90 Å². The topological polar surface area (TPSA) is 46.6 Å². The normalized spacial score (nSPS) is 24.8. The molecule has 3 rings (SSSR count). The van der Waals surface area contributed by atoms with Gasteiger partial charge in [0.25, 0.3) is 0 Å². The number of allylic oxidation sites excluding steroid dienone is 2. The van der Waals surface area contributed by atoms with Crippen LogP contribution in [0.3, 0.4) is 0 Å². The zero-order valence-electron chi connectivity index (χ0n) is 12.9. The number of hydrogen-bond donors (Lipinski definition) is 0. The number of carbonyl (C=O) groups is 2. The zero-order valence-corrected chi connectivity index (χ0v) is 13.6. The second-order valence-corrected chi connectivity index (χ2v) is 6.45. The summed E-state index contributed by atoms with van der Waals surface area (Å²) in [4.78, 5) is 26.8. The van der Waals surface area contributed by atoms with E-state index in [0.29, 0.717) is 29.3 Å². The van der Waals surface area contributed by atoms with Crippen LogP contribution in [0, 0.1) is 11.8 Å². The van der Waals surface area contributed by atoms with Gasteiger partial charge in [-0.05, 0) is 44.9 Å². The van der Waals surface area contributed by atoms with Crippen molar-refractivity contribution in [1.82, 2.24) is 0 Å². The van der Waals surface area contributed by atoms with E-state index in [2.05, 4.69) is 0 Å². The van der Waals surface area contributed by atoms with Crippen molar-refractivity contribution >= 4 is 29.1 Å². The zero-order chi connectivity index (χ0) is 16.0. The number of amides is 2. The van der Waals surface area contributed by atoms with Crippen LogP contribution in [-0.4, -0.2) is 18.9 Å². The van der Waals surface area contributed by atoms with Gasteiger partial charge in [0, 0.05) is 5.02 Å². The lowest BCUT2D eigenvalue weighted by Crippen LogP contribution is -2.31. The van der Waals surface area contributed by atoms with Crippen molar-refractivity contribution in [3.8, 4) is 5.75 Å². The average Bonchev–Trinajstić information content (AvgIpc) is 2.71. The number of benzene rings is 1. The van der Waals surface area contributed by atoms with E-state index in [-0.39, 0.29) is 23.7 Å². The number of rotatable bonds is 2. The fraction of sp³-hybridized carbons (Fsp3) is 0.412. The number of fused-ring (bicyclic) bond motifs is 1. The number of ether oxygens (including phenoxy) is 1. The molecule has 1 aromatic rings. The van der Waals surface area contributed by atoms with Gasteiger partial charge in [-0.2, -0.15) is 0 Å². The number of imide groups is 1. The van der Waals surface area contributed by atoms with Crippen molar-refractivity contribution in [3.63, 3.8) is 0 Å². The minimum atomic E-state index is -0.264. The lowest BCUT2D eigenvalue weighted by atomic mass is 9.78. The maximum absolute atomic E-state index is 12.8. The highest BCUT2D eigenvalue weighted by atomic mass is 35.5. The van der Waals surface area contributed by atoms with Crippen LogP contribution in [0.4, 0.5) is 5.69 Å². The molecule has 0 N–H and O–H groups in total. The van der Waals surface area contributed by atoms with E-state index in [1.165, 1.54) is 23.2 Å². The highest BCUT2D eigenvalue weighted by Crippen LogP contribution is 2.44. The molecule has 1 heterocycles. The average molecular weight is 320 g/mol. The Balaban J connectivity index is 2.03. The molecule has 22 heavy (non-hydrogen) atoms. The molecular weight excluding hydrogens is 302 g/mol. The number of hydrogen-bond acceptors (Lipinski definition) is 3. The van der Waals surface area contributed by atoms with Crippen molar-refractivity contribution < 1.29 is 14.3 Å². The number of halogens is 1. The first-order chi connectivity index (χ1) is 10.4. The van der Waals surface area contributed by atoms with Crippen LogP contribution in [0.1, 0.15) is 26.7 Å². The molecule has 1 aromatic carbocycles. The molecule has 2 atom stereocenters. The van der Waals surface area contributed by atoms with Crippen LogP contribution in [0.15, 0.2) is 29.3 Å². The van der Waals surface area contributed by atoms with Crippen molar-refractivity contribution in [3.05, 3.63) is 34.4 Å². The number of anilines is 1. The number of carbonyl (C=O) groups excluding carboxylic acids is 2. The quantitative estimate of drug-likeness (QED) is 0.618. The van der Waals surface area contributed by atoms with Gasteiger partial charge in [0.2, 0.25) is 11.8 Å². The van der Waals surface area contributed by atoms with Crippen LogP contribution in [0.2, 0.25) is 5.02 Å². The Morgan fingerprint density at radius 2 is 1.64 bits per heavy atom. The predicted molar refractivity (Wildman–Crippen MR) is 85.1 cm³/mol. The fourth-order valence-corrected chi connectivity index (χ4v) is 3.49. The summed E-state index contributed by atoms with van der Waals surface area (Å²) in [6.45, 7) is 4.07. The standard InChI is InChI=1S/C17H18ClNO3/c1-9-6-12-13(7-10(9)2)17(21)19(16(12)20)14-8-11(18)4-5-15(14)22-3/h4-5,8,12-13H,6-7H2,1-3H3/t12-,13-/m0/s1. The molecule has 4 nitrogen and oxygen atoms in total. The van der Waals surface area contributed by atoms with Crippen LogP contribution in [0.25, 0.3) is 0 Å². The predicted octanol–water partition coefficient (Wildman–Crippen LogP) is 3.58. The van der Waals surface area contributed by atoms with Crippen molar-refractivity contribution in [2.24, 2.45) is 11.8 Å². The first-order valence-electron chi connectivity index (χ1n) is 7.30. The van der Waals surface area contributed by atoms with E-state index in [9.17, 15) is 9.59 Å². The van der Waals surface area contributed by atoms with Crippen LogP contribution < -0.4 is 9.64 Å². The van der Waals surface area contributed by atoms with Crippen LogP contribution in [0.5, 0.6) is 5.75 Å². The van der Waals surface area contributed by atoms with Crippen molar-refractivity contribution in [2.45, 2.75) is 26.7 Å². The van der Waals surface area contributed by atoms with E-state index in [0.717, 1.165) is 0 Å². The largest absolute Gasteiger partial charge is 0.495 e. The molecule has 0 saturated carbocycles.